The van der Waals surface area contributed by atoms with E-state index in [1.807, 2.05) is 18.3 Å². The maximum absolute atomic E-state index is 12.6. The van der Waals surface area contributed by atoms with Crippen LogP contribution >= 0.6 is 0 Å². The van der Waals surface area contributed by atoms with Gasteiger partial charge < -0.3 is 10.2 Å². The molecule has 1 unspecified atom stereocenters. The topological polar surface area (TPSA) is 65.5 Å². The number of amides is 2. The lowest BCUT2D eigenvalue weighted by atomic mass is 10.1. The molecule has 1 aliphatic rings. The van der Waals surface area contributed by atoms with Crippen LogP contribution in [0.4, 0.5) is 0 Å². The Kier molecular flexibility index (Phi) is 6.93. The van der Waals surface area contributed by atoms with Gasteiger partial charge in [0, 0.05) is 32.9 Å². The minimum Gasteiger partial charge on any atom is -0.353 e. The first-order chi connectivity index (χ1) is 11.9. The van der Waals surface area contributed by atoms with E-state index in [1.165, 1.54) is 5.56 Å². The van der Waals surface area contributed by atoms with Gasteiger partial charge in [0.05, 0.1) is 24.7 Å². The lowest BCUT2D eigenvalue weighted by Gasteiger charge is -2.36. The summed E-state index contributed by atoms with van der Waals surface area (Å²) in [5, 5.41) is 2.88. The highest BCUT2D eigenvalue weighted by Gasteiger charge is 2.32. The van der Waals surface area contributed by atoms with Crippen LogP contribution in [0.15, 0.2) is 18.3 Å². The molecule has 2 rings (SSSR count). The van der Waals surface area contributed by atoms with Crippen LogP contribution < -0.4 is 5.32 Å². The number of aryl methyl sites for hydroxylation is 1. The first-order valence-electron chi connectivity index (χ1n) is 9.10. The Balaban J connectivity index is 1.96. The zero-order chi connectivity index (χ0) is 18.4. The summed E-state index contributed by atoms with van der Waals surface area (Å²) in [4.78, 5) is 33.0. The molecule has 1 saturated heterocycles. The number of piperazine rings is 1. The number of rotatable bonds is 7. The van der Waals surface area contributed by atoms with Crippen molar-refractivity contribution < 1.29 is 9.59 Å². The van der Waals surface area contributed by atoms with Gasteiger partial charge in [0.15, 0.2) is 0 Å². The third-order valence-corrected chi connectivity index (χ3v) is 4.53. The summed E-state index contributed by atoms with van der Waals surface area (Å²) in [5.74, 6) is 0.388. The highest BCUT2D eigenvalue weighted by molar-refractivity contribution is 5.88. The first kappa shape index (κ1) is 19.4. The number of hydrogen-bond acceptors (Lipinski definition) is 4. The molecule has 2 amide bonds. The van der Waals surface area contributed by atoms with Gasteiger partial charge in [-0.25, -0.2) is 0 Å². The van der Waals surface area contributed by atoms with E-state index in [2.05, 4.69) is 36.0 Å². The van der Waals surface area contributed by atoms with Gasteiger partial charge >= 0.3 is 0 Å². The second-order valence-electron chi connectivity index (χ2n) is 7.16. The number of aromatic nitrogens is 1. The second-order valence-corrected chi connectivity index (χ2v) is 7.16. The Morgan fingerprint density at radius 2 is 2.20 bits per heavy atom. The fourth-order valence-corrected chi connectivity index (χ4v) is 3.08. The van der Waals surface area contributed by atoms with Crippen molar-refractivity contribution in [3.05, 3.63) is 29.6 Å². The maximum Gasteiger partial charge on any atom is 0.237 e. The molecule has 0 aromatic carbocycles. The minimum atomic E-state index is -0.374. The number of nitrogens with zero attached hydrogens (tertiary/aromatic N) is 3. The van der Waals surface area contributed by atoms with Crippen molar-refractivity contribution in [1.29, 1.82) is 0 Å². The molecule has 0 radical (unpaired) electrons. The summed E-state index contributed by atoms with van der Waals surface area (Å²) in [6.07, 6.45) is 3.01. The van der Waals surface area contributed by atoms with Crippen LogP contribution in [0.1, 0.15) is 38.4 Å². The van der Waals surface area contributed by atoms with Crippen LogP contribution in [-0.4, -0.2) is 59.3 Å². The maximum atomic E-state index is 12.6. The Morgan fingerprint density at radius 3 is 2.80 bits per heavy atom. The molecule has 0 aliphatic carbocycles. The summed E-state index contributed by atoms with van der Waals surface area (Å²) in [7, 11) is 1.77. The van der Waals surface area contributed by atoms with Gasteiger partial charge in [-0.3, -0.25) is 19.5 Å². The lowest BCUT2D eigenvalue weighted by molar-refractivity contribution is -0.138. The fourth-order valence-electron chi connectivity index (χ4n) is 3.08. The molecule has 2 heterocycles. The third kappa shape index (κ3) is 5.53. The summed E-state index contributed by atoms with van der Waals surface area (Å²) in [6, 6.07) is 3.63. The first-order valence-corrected chi connectivity index (χ1v) is 9.10. The second kappa shape index (κ2) is 8.94. The molecule has 138 valence electrons. The molecule has 1 aromatic heterocycles. The predicted octanol–water partition coefficient (Wildman–Crippen LogP) is 1.45. The largest absolute Gasteiger partial charge is 0.353 e. The molecule has 1 aromatic rings. The SMILES string of the molecule is CCc1ccc(CN(C)C(=O)CC2C(=O)NCCN2CC(C)C)nc1. The number of pyridine rings is 1. The molecule has 1 atom stereocenters. The van der Waals surface area contributed by atoms with Crippen molar-refractivity contribution in [2.75, 3.05) is 26.7 Å². The van der Waals surface area contributed by atoms with Gasteiger partial charge in [-0.1, -0.05) is 26.8 Å². The molecule has 0 saturated carbocycles. The predicted molar refractivity (Wildman–Crippen MR) is 97.9 cm³/mol. The molecular weight excluding hydrogens is 316 g/mol. The van der Waals surface area contributed by atoms with Gasteiger partial charge in [0.1, 0.15) is 0 Å². The van der Waals surface area contributed by atoms with E-state index in [0.717, 1.165) is 25.2 Å². The van der Waals surface area contributed by atoms with Crippen molar-refractivity contribution in [2.24, 2.45) is 5.92 Å². The number of hydrogen-bond donors (Lipinski definition) is 1. The van der Waals surface area contributed by atoms with Gasteiger partial charge in [0.2, 0.25) is 11.8 Å². The summed E-state index contributed by atoms with van der Waals surface area (Å²) in [5.41, 5.74) is 2.04. The van der Waals surface area contributed by atoms with E-state index < -0.39 is 0 Å². The average Bonchev–Trinajstić information content (AvgIpc) is 2.58. The van der Waals surface area contributed by atoms with Gasteiger partial charge in [-0.2, -0.15) is 0 Å². The molecule has 25 heavy (non-hydrogen) atoms. The van der Waals surface area contributed by atoms with Crippen LogP contribution in [0.3, 0.4) is 0 Å². The fraction of sp³-hybridized carbons (Fsp3) is 0.632. The van der Waals surface area contributed by atoms with E-state index in [-0.39, 0.29) is 24.3 Å². The van der Waals surface area contributed by atoms with Crippen molar-refractivity contribution in [2.45, 2.75) is 46.2 Å². The van der Waals surface area contributed by atoms with Crippen LogP contribution in [0.2, 0.25) is 0 Å². The molecule has 0 bridgehead atoms. The van der Waals surface area contributed by atoms with Crippen molar-refractivity contribution in [3.8, 4) is 0 Å². The van der Waals surface area contributed by atoms with Crippen molar-refractivity contribution >= 4 is 11.8 Å². The molecule has 0 spiro atoms. The zero-order valence-electron chi connectivity index (χ0n) is 15.8. The monoisotopic (exact) mass is 346 g/mol. The van der Waals surface area contributed by atoms with E-state index in [4.69, 9.17) is 0 Å². The Morgan fingerprint density at radius 1 is 1.44 bits per heavy atom. The molecule has 1 aliphatic heterocycles. The Bertz CT molecular complexity index is 586. The normalized spacial score (nSPS) is 18.3. The lowest BCUT2D eigenvalue weighted by Crippen LogP contribution is -2.57. The Hall–Kier alpha value is -1.95. The van der Waals surface area contributed by atoms with Crippen molar-refractivity contribution in [1.82, 2.24) is 20.1 Å². The zero-order valence-corrected chi connectivity index (χ0v) is 15.8. The third-order valence-electron chi connectivity index (χ3n) is 4.53. The van der Waals surface area contributed by atoms with Crippen molar-refractivity contribution in [3.63, 3.8) is 0 Å². The highest BCUT2D eigenvalue weighted by Crippen LogP contribution is 2.14. The van der Waals surface area contributed by atoms with Gasteiger partial charge in [-0.05, 0) is 24.0 Å². The van der Waals surface area contributed by atoms with Crippen LogP contribution in [0.25, 0.3) is 0 Å². The van der Waals surface area contributed by atoms with E-state index in [9.17, 15) is 9.59 Å². The molecule has 1 fully saturated rings. The van der Waals surface area contributed by atoms with E-state index >= 15 is 0 Å². The molecular formula is C19H30N4O2. The minimum absolute atomic E-state index is 0.0304. The number of nitrogens with one attached hydrogen (secondary N) is 1. The number of carbonyl (C=O) groups is 2. The molecule has 1 N–H and O–H groups in total. The van der Waals surface area contributed by atoms with Crippen LogP contribution in [0, 0.1) is 5.92 Å². The van der Waals surface area contributed by atoms with Gasteiger partial charge in [-0.15, -0.1) is 0 Å². The molecule has 6 nitrogen and oxygen atoms in total. The number of carbonyl (C=O) groups excluding carboxylic acids is 2. The van der Waals surface area contributed by atoms with Crippen LogP contribution in [-0.2, 0) is 22.6 Å². The molecule has 6 heteroatoms. The Labute approximate surface area is 150 Å². The highest BCUT2D eigenvalue weighted by atomic mass is 16.2. The summed E-state index contributed by atoms with van der Waals surface area (Å²) >= 11 is 0. The van der Waals surface area contributed by atoms with Crippen LogP contribution in [0.5, 0.6) is 0 Å². The summed E-state index contributed by atoms with van der Waals surface area (Å²) in [6.45, 7) is 9.08. The van der Waals surface area contributed by atoms with E-state index in [0.29, 0.717) is 19.0 Å². The standard InChI is InChI=1S/C19H30N4O2/c1-5-15-6-7-16(21-11-15)13-22(4)18(24)10-17-19(25)20-8-9-23(17)12-14(2)3/h6-7,11,14,17H,5,8-10,12-13H2,1-4H3,(H,20,25). The smallest absolute Gasteiger partial charge is 0.237 e. The average molecular weight is 346 g/mol. The van der Waals surface area contributed by atoms with Gasteiger partial charge in [0.25, 0.3) is 0 Å². The summed E-state index contributed by atoms with van der Waals surface area (Å²) < 4.78 is 0. The quantitative estimate of drug-likeness (QED) is 0.811. The van der Waals surface area contributed by atoms with E-state index in [1.54, 1.807) is 11.9 Å².